The standard InChI is InChI=1S/C23H27N3O5S/c1-3-26(18-9-5-4-6-10-18)23(28)17-8-7-11-25(14-17)32(29,30)21-13-20-19(12-16(21)2)24-22(27)15-31-20/h4-6,9-10,12-13,17H,3,7-8,11,14-15H2,1-2H3,(H,24,27)/t17-/m1/s1. The van der Waals surface area contributed by atoms with Gasteiger partial charge in [0, 0.05) is 31.4 Å². The number of piperidine rings is 1. The van der Waals surface area contributed by atoms with E-state index in [0.29, 0.717) is 42.9 Å². The molecule has 4 rings (SSSR count). The molecule has 2 heterocycles. The van der Waals surface area contributed by atoms with Crippen LogP contribution in [0.5, 0.6) is 5.75 Å². The first-order valence-electron chi connectivity index (χ1n) is 10.7. The molecule has 8 nitrogen and oxygen atoms in total. The molecule has 0 saturated carbocycles. The average molecular weight is 458 g/mol. The maximum absolute atomic E-state index is 13.5. The molecular formula is C23H27N3O5S. The van der Waals surface area contributed by atoms with Crippen LogP contribution in [-0.2, 0) is 19.6 Å². The molecule has 1 saturated heterocycles. The summed E-state index contributed by atoms with van der Waals surface area (Å²) in [4.78, 5) is 26.7. The normalized spacial score (nSPS) is 18.9. The van der Waals surface area contributed by atoms with Crippen molar-refractivity contribution >= 4 is 33.2 Å². The highest BCUT2D eigenvalue weighted by Gasteiger charge is 2.36. The molecule has 0 bridgehead atoms. The molecule has 32 heavy (non-hydrogen) atoms. The number of aryl methyl sites for hydroxylation is 1. The van der Waals surface area contributed by atoms with E-state index >= 15 is 0 Å². The Labute approximate surface area is 188 Å². The molecule has 1 N–H and O–H groups in total. The monoisotopic (exact) mass is 457 g/mol. The van der Waals surface area contributed by atoms with Crippen LogP contribution in [0.1, 0.15) is 25.3 Å². The van der Waals surface area contributed by atoms with Crippen molar-refractivity contribution in [2.75, 3.05) is 36.5 Å². The van der Waals surface area contributed by atoms with Gasteiger partial charge in [-0.1, -0.05) is 18.2 Å². The number of carbonyl (C=O) groups is 2. The van der Waals surface area contributed by atoms with Gasteiger partial charge in [-0.2, -0.15) is 4.31 Å². The number of anilines is 2. The number of carbonyl (C=O) groups excluding carboxylic acids is 2. The smallest absolute Gasteiger partial charge is 0.262 e. The number of nitrogens with zero attached hydrogens (tertiary/aromatic N) is 2. The number of hydrogen-bond donors (Lipinski definition) is 1. The van der Waals surface area contributed by atoms with Crippen LogP contribution in [-0.4, -0.2) is 50.8 Å². The minimum atomic E-state index is -3.83. The zero-order valence-corrected chi connectivity index (χ0v) is 19.0. The number of benzene rings is 2. The van der Waals surface area contributed by atoms with E-state index in [9.17, 15) is 18.0 Å². The summed E-state index contributed by atoms with van der Waals surface area (Å²) in [6.45, 7) is 4.46. The summed E-state index contributed by atoms with van der Waals surface area (Å²) in [5.74, 6) is -0.414. The zero-order chi connectivity index (χ0) is 22.9. The Kier molecular flexibility index (Phi) is 6.21. The fraction of sp³-hybridized carbons (Fsp3) is 0.391. The summed E-state index contributed by atoms with van der Waals surface area (Å²) in [5, 5.41) is 2.69. The van der Waals surface area contributed by atoms with Crippen LogP contribution in [0.4, 0.5) is 11.4 Å². The summed E-state index contributed by atoms with van der Waals surface area (Å²) in [7, 11) is -3.83. The molecule has 2 aromatic carbocycles. The number of amides is 2. The second-order valence-corrected chi connectivity index (χ2v) is 9.98. The van der Waals surface area contributed by atoms with Gasteiger partial charge in [0.1, 0.15) is 5.75 Å². The van der Waals surface area contributed by atoms with Gasteiger partial charge in [-0.05, 0) is 50.5 Å². The highest BCUT2D eigenvalue weighted by atomic mass is 32.2. The predicted octanol–water partition coefficient (Wildman–Crippen LogP) is 2.78. The van der Waals surface area contributed by atoms with E-state index in [1.54, 1.807) is 17.9 Å². The van der Waals surface area contributed by atoms with E-state index in [0.717, 1.165) is 5.69 Å². The Morgan fingerprint density at radius 3 is 2.72 bits per heavy atom. The second kappa shape index (κ2) is 8.91. The van der Waals surface area contributed by atoms with Gasteiger partial charge in [0.15, 0.2) is 6.61 Å². The van der Waals surface area contributed by atoms with E-state index in [-0.39, 0.29) is 29.9 Å². The molecular weight excluding hydrogens is 430 g/mol. The minimum Gasteiger partial charge on any atom is -0.482 e. The first kappa shape index (κ1) is 22.3. The molecule has 2 aliphatic rings. The highest BCUT2D eigenvalue weighted by molar-refractivity contribution is 7.89. The molecule has 2 aliphatic heterocycles. The van der Waals surface area contributed by atoms with E-state index in [2.05, 4.69) is 5.32 Å². The number of ether oxygens (including phenoxy) is 1. The van der Waals surface area contributed by atoms with Crippen molar-refractivity contribution in [1.82, 2.24) is 4.31 Å². The van der Waals surface area contributed by atoms with Gasteiger partial charge in [-0.15, -0.1) is 0 Å². The third-order valence-electron chi connectivity index (χ3n) is 5.91. The second-order valence-electron chi connectivity index (χ2n) is 8.07. The number of fused-ring (bicyclic) bond motifs is 1. The van der Waals surface area contributed by atoms with Crippen LogP contribution < -0.4 is 15.0 Å². The lowest BCUT2D eigenvalue weighted by Crippen LogP contribution is -2.47. The van der Waals surface area contributed by atoms with E-state index in [4.69, 9.17) is 4.74 Å². The topological polar surface area (TPSA) is 96.0 Å². The molecule has 0 aliphatic carbocycles. The van der Waals surface area contributed by atoms with Gasteiger partial charge < -0.3 is 15.0 Å². The summed E-state index contributed by atoms with van der Waals surface area (Å²) < 4.78 is 33.8. The Balaban J connectivity index is 1.58. The molecule has 0 radical (unpaired) electrons. The third-order valence-corrected chi connectivity index (χ3v) is 7.92. The summed E-state index contributed by atoms with van der Waals surface area (Å²) in [6, 6.07) is 12.5. The molecule has 1 fully saturated rings. The van der Waals surface area contributed by atoms with Crippen molar-refractivity contribution in [3.05, 3.63) is 48.0 Å². The van der Waals surface area contributed by atoms with Crippen molar-refractivity contribution in [3.8, 4) is 5.75 Å². The summed E-state index contributed by atoms with van der Waals surface area (Å²) in [5.41, 5.74) is 1.79. The summed E-state index contributed by atoms with van der Waals surface area (Å²) in [6.07, 6.45) is 1.25. The van der Waals surface area contributed by atoms with Gasteiger partial charge in [0.2, 0.25) is 15.9 Å². The quantitative estimate of drug-likeness (QED) is 0.745. The van der Waals surface area contributed by atoms with Gasteiger partial charge in [0.25, 0.3) is 5.91 Å². The Bertz CT molecular complexity index is 1130. The maximum atomic E-state index is 13.5. The lowest BCUT2D eigenvalue weighted by molar-refractivity contribution is -0.123. The predicted molar refractivity (Wildman–Crippen MR) is 121 cm³/mol. The number of rotatable bonds is 5. The molecule has 1 atom stereocenters. The Morgan fingerprint density at radius 1 is 1.25 bits per heavy atom. The zero-order valence-electron chi connectivity index (χ0n) is 18.2. The highest BCUT2D eigenvalue weighted by Crippen LogP contribution is 2.35. The fourth-order valence-corrected chi connectivity index (χ4v) is 6.03. The number of sulfonamides is 1. The van der Waals surface area contributed by atoms with Gasteiger partial charge in [0.05, 0.1) is 16.5 Å². The molecule has 9 heteroatoms. The van der Waals surface area contributed by atoms with Crippen LogP contribution in [0.3, 0.4) is 0 Å². The maximum Gasteiger partial charge on any atom is 0.262 e. The molecule has 0 unspecified atom stereocenters. The van der Waals surface area contributed by atoms with E-state index < -0.39 is 15.9 Å². The Hall–Kier alpha value is -2.91. The number of nitrogens with one attached hydrogen (secondary N) is 1. The minimum absolute atomic E-state index is 0.0631. The lowest BCUT2D eigenvalue weighted by Gasteiger charge is -2.34. The average Bonchev–Trinajstić information content (AvgIpc) is 2.79. The van der Waals surface area contributed by atoms with Crippen LogP contribution in [0, 0.1) is 12.8 Å². The van der Waals surface area contributed by atoms with Gasteiger partial charge in [-0.25, -0.2) is 8.42 Å². The first-order chi connectivity index (χ1) is 15.3. The third kappa shape index (κ3) is 4.22. The molecule has 2 amide bonds. The van der Waals surface area contributed by atoms with E-state index in [1.165, 1.54) is 10.4 Å². The van der Waals surface area contributed by atoms with Crippen LogP contribution >= 0.6 is 0 Å². The van der Waals surface area contributed by atoms with Crippen LogP contribution in [0.15, 0.2) is 47.4 Å². The molecule has 0 aromatic heterocycles. The summed E-state index contributed by atoms with van der Waals surface area (Å²) >= 11 is 0. The number of hydrogen-bond acceptors (Lipinski definition) is 5. The van der Waals surface area contributed by atoms with E-state index in [1.807, 2.05) is 37.3 Å². The van der Waals surface area contributed by atoms with Crippen LogP contribution in [0.25, 0.3) is 0 Å². The van der Waals surface area contributed by atoms with Crippen molar-refractivity contribution in [3.63, 3.8) is 0 Å². The van der Waals surface area contributed by atoms with Crippen molar-refractivity contribution in [2.24, 2.45) is 5.92 Å². The van der Waals surface area contributed by atoms with Gasteiger partial charge >= 0.3 is 0 Å². The molecule has 0 spiro atoms. The molecule has 170 valence electrons. The van der Waals surface area contributed by atoms with Crippen molar-refractivity contribution < 1.29 is 22.7 Å². The van der Waals surface area contributed by atoms with Crippen LogP contribution in [0.2, 0.25) is 0 Å². The van der Waals surface area contributed by atoms with Gasteiger partial charge in [-0.3, -0.25) is 9.59 Å². The first-order valence-corrected chi connectivity index (χ1v) is 12.2. The largest absolute Gasteiger partial charge is 0.482 e. The van der Waals surface area contributed by atoms with Crippen molar-refractivity contribution in [2.45, 2.75) is 31.6 Å². The lowest BCUT2D eigenvalue weighted by atomic mass is 9.97. The fourth-order valence-electron chi connectivity index (χ4n) is 4.29. The van der Waals surface area contributed by atoms with Crippen molar-refractivity contribution in [1.29, 1.82) is 0 Å². The molecule has 2 aromatic rings. The number of para-hydroxylation sites is 1. The Morgan fingerprint density at radius 2 is 2.00 bits per heavy atom. The SMILES string of the molecule is CCN(C(=O)[C@@H]1CCCN(S(=O)(=O)c2cc3c(cc2C)NC(=O)CO3)C1)c1ccccc1.